The first-order valence-corrected chi connectivity index (χ1v) is 8.33. The van der Waals surface area contributed by atoms with Gasteiger partial charge in [0.05, 0.1) is 12.1 Å². The smallest absolute Gasteiger partial charge is 0.339 e. The van der Waals surface area contributed by atoms with Crippen molar-refractivity contribution >= 4 is 17.8 Å². The van der Waals surface area contributed by atoms with E-state index in [1.807, 2.05) is 30.3 Å². The highest BCUT2D eigenvalue weighted by atomic mass is 16.5. The predicted molar refractivity (Wildman–Crippen MR) is 95.8 cm³/mol. The van der Waals surface area contributed by atoms with E-state index < -0.39 is 5.97 Å². The topological polar surface area (TPSA) is 75.7 Å². The molecule has 0 aliphatic carbocycles. The highest BCUT2D eigenvalue weighted by Crippen LogP contribution is 2.30. The molecule has 0 bridgehead atoms. The normalized spacial score (nSPS) is 15.6. The fourth-order valence-corrected chi connectivity index (χ4v) is 2.81. The van der Waals surface area contributed by atoms with Crippen molar-refractivity contribution in [2.45, 2.75) is 12.5 Å². The van der Waals surface area contributed by atoms with E-state index in [2.05, 4.69) is 5.32 Å². The summed E-state index contributed by atoms with van der Waals surface area (Å²) in [4.78, 5) is 37.6. The number of nitrogens with zero attached hydrogens (tertiary/aromatic N) is 1. The quantitative estimate of drug-likeness (QED) is 0.854. The fourth-order valence-electron chi connectivity index (χ4n) is 2.81. The van der Waals surface area contributed by atoms with Crippen LogP contribution in [0.5, 0.6) is 0 Å². The highest BCUT2D eigenvalue weighted by molar-refractivity contribution is 5.99. The molecule has 1 aliphatic heterocycles. The molecule has 0 spiro atoms. The van der Waals surface area contributed by atoms with Crippen LogP contribution >= 0.6 is 0 Å². The Kier molecular flexibility index (Phi) is 5.02. The molecule has 0 radical (unpaired) electrons. The number of rotatable bonds is 4. The summed E-state index contributed by atoms with van der Waals surface area (Å²) in [5, 5.41) is 2.59. The van der Waals surface area contributed by atoms with E-state index in [0.29, 0.717) is 17.5 Å². The molecular formula is C20H20N2O4. The van der Waals surface area contributed by atoms with Crippen LogP contribution in [0.15, 0.2) is 48.5 Å². The average molecular weight is 352 g/mol. The summed E-state index contributed by atoms with van der Waals surface area (Å²) in [5.74, 6) is -0.933. The van der Waals surface area contributed by atoms with Crippen LogP contribution in [0.2, 0.25) is 0 Å². The van der Waals surface area contributed by atoms with Crippen molar-refractivity contribution in [3.8, 4) is 0 Å². The molecule has 26 heavy (non-hydrogen) atoms. The fraction of sp³-hybridized carbons (Fsp3) is 0.250. The van der Waals surface area contributed by atoms with Gasteiger partial charge in [0.15, 0.2) is 0 Å². The van der Waals surface area contributed by atoms with E-state index >= 15 is 0 Å². The lowest BCUT2D eigenvalue weighted by atomic mass is 9.93. The molecule has 0 saturated heterocycles. The molecule has 3 rings (SSSR count). The highest BCUT2D eigenvalue weighted by Gasteiger charge is 2.28. The molecule has 1 aliphatic rings. The average Bonchev–Trinajstić information content (AvgIpc) is 2.65. The molecule has 6 heteroatoms. The van der Waals surface area contributed by atoms with Gasteiger partial charge in [0.2, 0.25) is 5.91 Å². The van der Waals surface area contributed by atoms with Crippen LogP contribution in [-0.4, -0.2) is 43.3 Å². The summed E-state index contributed by atoms with van der Waals surface area (Å²) in [7, 11) is 3.26. The maximum atomic E-state index is 12.3. The lowest BCUT2D eigenvalue weighted by Crippen LogP contribution is -2.36. The van der Waals surface area contributed by atoms with Gasteiger partial charge in [0, 0.05) is 26.1 Å². The molecule has 134 valence electrons. The number of ether oxygens (including phenoxy) is 1. The van der Waals surface area contributed by atoms with Gasteiger partial charge in [0.1, 0.15) is 6.10 Å². The molecule has 2 aromatic rings. The summed E-state index contributed by atoms with van der Waals surface area (Å²) in [5.41, 5.74) is 2.56. The zero-order chi connectivity index (χ0) is 18.7. The Morgan fingerprint density at radius 1 is 1.15 bits per heavy atom. The van der Waals surface area contributed by atoms with Crippen molar-refractivity contribution in [3.63, 3.8) is 0 Å². The van der Waals surface area contributed by atoms with Gasteiger partial charge in [-0.15, -0.1) is 0 Å². The van der Waals surface area contributed by atoms with Crippen molar-refractivity contribution in [2.75, 3.05) is 20.6 Å². The number of likely N-dealkylation sites (N-methyl/N-ethyl adjacent to an activating group) is 1. The number of cyclic esters (lactones) is 1. The van der Waals surface area contributed by atoms with Gasteiger partial charge in [-0.1, -0.05) is 30.3 Å². The van der Waals surface area contributed by atoms with Crippen LogP contribution in [0.25, 0.3) is 0 Å². The Labute approximate surface area is 151 Å². The van der Waals surface area contributed by atoms with Crippen molar-refractivity contribution in [3.05, 3.63) is 70.8 Å². The number of amides is 2. The lowest BCUT2D eigenvalue weighted by molar-refractivity contribution is -0.127. The van der Waals surface area contributed by atoms with Crippen molar-refractivity contribution in [2.24, 2.45) is 0 Å². The van der Waals surface area contributed by atoms with E-state index in [-0.39, 0.29) is 24.5 Å². The largest absolute Gasteiger partial charge is 0.454 e. The first-order chi connectivity index (χ1) is 12.5. The van der Waals surface area contributed by atoms with Gasteiger partial charge in [0.25, 0.3) is 5.91 Å². The van der Waals surface area contributed by atoms with Crippen LogP contribution in [0.4, 0.5) is 0 Å². The molecule has 1 unspecified atom stereocenters. The number of esters is 1. The summed E-state index contributed by atoms with van der Waals surface area (Å²) in [6, 6.07) is 14.4. The second-order valence-corrected chi connectivity index (χ2v) is 6.35. The minimum atomic E-state index is -0.394. The molecule has 0 saturated carbocycles. The van der Waals surface area contributed by atoms with Gasteiger partial charge >= 0.3 is 5.97 Å². The summed E-state index contributed by atoms with van der Waals surface area (Å²) in [6.07, 6.45) is 0.132. The molecule has 6 nitrogen and oxygen atoms in total. The maximum Gasteiger partial charge on any atom is 0.339 e. The summed E-state index contributed by atoms with van der Waals surface area (Å²) in [6.45, 7) is -0.0718. The Balaban J connectivity index is 1.78. The van der Waals surface area contributed by atoms with Gasteiger partial charge in [-0.3, -0.25) is 9.59 Å². The Morgan fingerprint density at radius 2 is 1.88 bits per heavy atom. The second kappa shape index (κ2) is 7.39. The Morgan fingerprint density at radius 3 is 2.58 bits per heavy atom. The van der Waals surface area contributed by atoms with Crippen LogP contribution in [0.3, 0.4) is 0 Å². The van der Waals surface area contributed by atoms with Crippen LogP contribution in [0.1, 0.15) is 37.9 Å². The molecule has 2 aromatic carbocycles. The number of hydrogen-bond donors (Lipinski definition) is 1. The summed E-state index contributed by atoms with van der Waals surface area (Å²) < 4.78 is 5.51. The SMILES string of the molecule is CN(C)C(=O)CNC(=O)c1ccc2c(c1)CC(c1ccccc1)OC2=O. The van der Waals surface area contributed by atoms with Gasteiger partial charge in [-0.05, 0) is 29.3 Å². The first kappa shape index (κ1) is 17.7. The third-order valence-corrected chi connectivity index (χ3v) is 4.31. The van der Waals surface area contributed by atoms with E-state index in [1.54, 1.807) is 32.3 Å². The maximum absolute atomic E-state index is 12.3. The van der Waals surface area contributed by atoms with E-state index in [0.717, 1.165) is 11.1 Å². The van der Waals surface area contributed by atoms with Gasteiger partial charge in [-0.25, -0.2) is 4.79 Å². The molecule has 0 aromatic heterocycles. The Hall–Kier alpha value is -3.15. The zero-order valence-electron chi connectivity index (χ0n) is 14.7. The molecule has 0 fully saturated rings. The number of hydrogen-bond acceptors (Lipinski definition) is 4. The van der Waals surface area contributed by atoms with Crippen LogP contribution in [0, 0.1) is 0 Å². The van der Waals surface area contributed by atoms with E-state index in [9.17, 15) is 14.4 Å². The lowest BCUT2D eigenvalue weighted by Gasteiger charge is -2.25. The predicted octanol–water partition coefficient (Wildman–Crippen LogP) is 1.96. The number of fused-ring (bicyclic) bond motifs is 1. The monoisotopic (exact) mass is 352 g/mol. The van der Waals surface area contributed by atoms with Crippen molar-refractivity contribution in [1.29, 1.82) is 0 Å². The van der Waals surface area contributed by atoms with Crippen molar-refractivity contribution in [1.82, 2.24) is 10.2 Å². The third kappa shape index (κ3) is 3.74. The minimum Gasteiger partial charge on any atom is -0.454 e. The molecular weight excluding hydrogens is 332 g/mol. The number of benzene rings is 2. The van der Waals surface area contributed by atoms with Gasteiger partial charge < -0.3 is 15.0 Å². The molecule has 1 atom stereocenters. The van der Waals surface area contributed by atoms with Crippen LogP contribution in [-0.2, 0) is 16.0 Å². The minimum absolute atomic E-state index is 0.0718. The van der Waals surface area contributed by atoms with E-state index in [1.165, 1.54) is 4.90 Å². The number of nitrogens with one attached hydrogen (secondary N) is 1. The second-order valence-electron chi connectivity index (χ2n) is 6.35. The number of carbonyl (C=O) groups excluding carboxylic acids is 3. The third-order valence-electron chi connectivity index (χ3n) is 4.31. The van der Waals surface area contributed by atoms with E-state index in [4.69, 9.17) is 4.74 Å². The Bertz CT molecular complexity index is 846. The molecule has 1 N–H and O–H groups in total. The molecule has 2 amide bonds. The first-order valence-electron chi connectivity index (χ1n) is 8.33. The molecule has 1 heterocycles. The van der Waals surface area contributed by atoms with Crippen LogP contribution < -0.4 is 5.32 Å². The van der Waals surface area contributed by atoms with Gasteiger partial charge in [-0.2, -0.15) is 0 Å². The number of carbonyl (C=O) groups is 3. The summed E-state index contributed by atoms with van der Waals surface area (Å²) >= 11 is 0. The van der Waals surface area contributed by atoms with Crippen molar-refractivity contribution < 1.29 is 19.1 Å². The standard InChI is InChI=1S/C20H20N2O4/c1-22(2)18(23)12-21-19(24)14-8-9-16-15(10-14)11-17(26-20(16)25)13-6-4-3-5-7-13/h3-10,17H,11-12H2,1-2H3,(H,21,24). The zero-order valence-corrected chi connectivity index (χ0v) is 14.7.